The molecule has 2 aromatic rings. The first kappa shape index (κ1) is 19.6. The SMILES string of the molecule is O=C([C@@H](CO)C(F)(F)F)N1CCC(c2cnnn2-c2ccc(Cl)cc2)CC1. The van der Waals surface area contributed by atoms with E-state index in [0.717, 1.165) is 11.4 Å². The molecule has 3 rings (SSSR count). The second-order valence-corrected chi connectivity index (χ2v) is 6.86. The van der Waals surface area contributed by atoms with Gasteiger partial charge in [-0.3, -0.25) is 4.79 Å². The van der Waals surface area contributed by atoms with Gasteiger partial charge in [0.05, 0.1) is 24.2 Å². The van der Waals surface area contributed by atoms with Crippen LogP contribution in [0.3, 0.4) is 0 Å². The van der Waals surface area contributed by atoms with Crippen LogP contribution in [0.1, 0.15) is 24.5 Å². The molecule has 1 aromatic carbocycles. The number of carbonyl (C=O) groups excluding carboxylic acids is 1. The molecule has 1 saturated heterocycles. The first-order valence-electron chi connectivity index (χ1n) is 8.44. The van der Waals surface area contributed by atoms with Crippen molar-refractivity contribution in [2.24, 2.45) is 5.92 Å². The molecule has 0 spiro atoms. The van der Waals surface area contributed by atoms with Crippen LogP contribution in [0.4, 0.5) is 13.2 Å². The Morgan fingerprint density at radius 3 is 2.44 bits per heavy atom. The van der Waals surface area contributed by atoms with E-state index in [4.69, 9.17) is 16.7 Å². The molecule has 1 aliphatic heterocycles. The number of rotatable bonds is 4. The maximum absolute atomic E-state index is 12.9. The topological polar surface area (TPSA) is 71.2 Å². The Morgan fingerprint density at radius 1 is 1.26 bits per heavy atom. The zero-order chi connectivity index (χ0) is 19.6. The number of alkyl halides is 3. The number of amides is 1. The third-order valence-electron chi connectivity index (χ3n) is 4.75. The third-order valence-corrected chi connectivity index (χ3v) is 5.00. The minimum Gasteiger partial charge on any atom is -0.395 e. The van der Waals surface area contributed by atoms with E-state index in [0.29, 0.717) is 17.9 Å². The molecule has 0 aliphatic carbocycles. The standard InChI is InChI=1S/C17H18ClF3N4O2/c18-12-1-3-13(4-2-12)25-15(9-22-23-25)11-5-7-24(8-6-11)16(27)14(10-26)17(19,20)21/h1-4,9,11,14,26H,5-8,10H2/t14-/m1/s1. The summed E-state index contributed by atoms with van der Waals surface area (Å²) >= 11 is 5.90. The molecule has 0 radical (unpaired) electrons. The number of hydrogen-bond donors (Lipinski definition) is 1. The fourth-order valence-corrected chi connectivity index (χ4v) is 3.37. The lowest BCUT2D eigenvalue weighted by molar-refractivity contribution is -0.196. The number of aromatic nitrogens is 3. The van der Waals surface area contributed by atoms with Crippen molar-refractivity contribution in [1.82, 2.24) is 19.9 Å². The van der Waals surface area contributed by atoms with E-state index >= 15 is 0 Å². The molecular weight excluding hydrogens is 385 g/mol. The maximum atomic E-state index is 12.9. The number of likely N-dealkylation sites (tertiary alicyclic amines) is 1. The minimum absolute atomic E-state index is 0.0122. The molecule has 6 nitrogen and oxygen atoms in total. The van der Waals surface area contributed by atoms with Crippen molar-refractivity contribution in [2.75, 3.05) is 19.7 Å². The molecule has 2 heterocycles. The van der Waals surface area contributed by atoms with Gasteiger partial charge in [0, 0.05) is 24.0 Å². The van der Waals surface area contributed by atoms with Crippen molar-refractivity contribution in [1.29, 1.82) is 0 Å². The van der Waals surface area contributed by atoms with Crippen molar-refractivity contribution < 1.29 is 23.1 Å². The zero-order valence-electron chi connectivity index (χ0n) is 14.2. The summed E-state index contributed by atoms with van der Waals surface area (Å²) in [6.07, 6.45) is -2.14. The summed E-state index contributed by atoms with van der Waals surface area (Å²) in [7, 11) is 0. The van der Waals surface area contributed by atoms with Crippen molar-refractivity contribution >= 4 is 17.5 Å². The Balaban J connectivity index is 1.69. The molecule has 10 heteroatoms. The fourth-order valence-electron chi connectivity index (χ4n) is 3.24. The molecule has 0 saturated carbocycles. The van der Waals surface area contributed by atoms with E-state index in [2.05, 4.69) is 10.3 Å². The van der Waals surface area contributed by atoms with Crippen LogP contribution in [0.15, 0.2) is 30.5 Å². The van der Waals surface area contributed by atoms with Crippen molar-refractivity contribution in [3.63, 3.8) is 0 Å². The van der Waals surface area contributed by atoms with Gasteiger partial charge in [0.25, 0.3) is 0 Å². The molecule has 146 valence electrons. The number of piperidine rings is 1. The average molecular weight is 403 g/mol. The van der Waals surface area contributed by atoms with Crippen molar-refractivity contribution in [3.8, 4) is 5.69 Å². The highest BCUT2D eigenvalue weighted by Gasteiger charge is 2.46. The lowest BCUT2D eigenvalue weighted by atomic mass is 9.92. The van der Waals surface area contributed by atoms with E-state index in [1.54, 1.807) is 35.1 Å². The zero-order valence-corrected chi connectivity index (χ0v) is 15.0. The summed E-state index contributed by atoms with van der Waals surface area (Å²) in [5, 5.41) is 17.6. The largest absolute Gasteiger partial charge is 0.402 e. The molecule has 1 atom stereocenters. The quantitative estimate of drug-likeness (QED) is 0.853. The number of halogens is 4. The number of nitrogens with zero attached hydrogens (tertiary/aromatic N) is 4. The van der Waals surface area contributed by atoms with Crippen LogP contribution in [-0.4, -0.2) is 56.8 Å². The van der Waals surface area contributed by atoms with E-state index < -0.39 is 24.6 Å². The van der Waals surface area contributed by atoms with Gasteiger partial charge < -0.3 is 10.0 Å². The summed E-state index contributed by atoms with van der Waals surface area (Å²) in [5.41, 5.74) is 1.61. The minimum atomic E-state index is -4.75. The Labute approximate surface area is 158 Å². The molecule has 1 aliphatic rings. The van der Waals surface area contributed by atoms with Crippen LogP contribution in [0.5, 0.6) is 0 Å². The van der Waals surface area contributed by atoms with E-state index in [1.165, 1.54) is 4.90 Å². The van der Waals surface area contributed by atoms with E-state index in [1.807, 2.05) is 0 Å². The monoisotopic (exact) mass is 402 g/mol. The number of carbonyl (C=O) groups is 1. The Bertz CT molecular complexity index is 786. The number of aliphatic hydroxyl groups excluding tert-OH is 1. The normalized spacial score (nSPS) is 17.1. The van der Waals surface area contributed by atoms with Gasteiger partial charge in [-0.25, -0.2) is 4.68 Å². The Kier molecular flexibility index (Phi) is 5.71. The van der Waals surface area contributed by atoms with Gasteiger partial charge in [0.1, 0.15) is 0 Å². The van der Waals surface area contributed by atoms with Crippen LogP contribution >= 0.6 is 11.6 Å². The predicted octanol–water partition coefficient (Wildman–Crippen LogP) is 2.80. The van der Waals surface area contributed by atoms with Crippen LogP contribution in [0.2, 0.25) is 5.02 Å². The maximum Gasteiger partial charge on any atom is 0.402 e. The summed E-state index contributed by atoms with van der Waals surface area (Å²) in [4.78, 5) is 13.3. The number of benzene rings is 1. The molecular formula is C17H18ClF3N4O2. The van der Waals surface area contributed by atoms with Gasteiger partial charge in [-0.2, -0.15) is 13.2 Å². The summed E-state index contributed by atoms with van der Waals surface area (Å²) in [6, 6.07) is 7.06. The first-order valence-corrected chi connectivity index (χ1v) is 8.82. The summed E-state index contributed by atoms with van der Waals surface area (Å²) in [6.45, 7) is -0.876. The summed E-state index contributed by atoms with van der Waals surface area (Å²) < 4.78 is 40.2. The lowest BCUT2D eigenvalue weighted by Crippen LogP contribution is -2.47. The molecule has 1 fully saturated rings. The molecule has 1 N–H and O–H groups in total. The Hall–Kier alpha value is -2.13. The van der Waals surface area contributed by atoms with E-state index in [-0.39, 0.29) is 19.0 Å². The number of aliphatic hydroxyl groups is 1. The molecule has 1 aromatic heterocycles. The third kappa shape index (κ3) is 4.24. The molecule has 27 heavy (non-hydrogen) atoms. The van der Waals surface area contributed by atoms with Gasteiger partial charge in [0.2, 0.25) is 5.91 Å². The highest BCUT2D eigenvalue weighted by atomic mass is 35.5. The van der Waals surface area contributed by atoms with Crippen LogP contribution in [0.25, 0.3) is 5.69 Å². The lowest BCUT2D eigenvalue weighted by Gasteiger charge is -2.34. The first-order chi connectivity index (χ1) is 12.8. The van der Waals surface area contributed by atoms with Gasteiger partial charge in [-0.15, -0.1) is 5.10 Å². The molecule has 1 amide bonds. The van der Waals surface area contributed by atoms with Gasteiger partial charge in [0.15, 0.2) is 5.92 Å². The molecule has 0 unspecified atom stereocenters. The highest BCUT2D eigenvalue weighted by Crippen LogP contribution is 2.32. The molecule has 0 bridgehead atoms. The van der Waals surface area contributed by atoms with Crippen LogP contribution < -0.4 is 0 Å². The number of hydrogen-bond acceptors (Lipinski definition) is 4. The van der Waals surface area contributed by atoms with Gasteiger partial charge in [-0.05, 0) is 37.1 Å². The van der Waals surface area contributed by atoms with Crippen molar-refractivity contribution in [2.45, 2.75) is 24.9 Å². The summed E-state index contributed by atoms with van der Waals surface area (Å²) in [5.74, 6) is -3.43. The highest BCUT2D eigenvalue weighted by molar-refractivity contribution is 6.30. The van der Waals surface area contributed by atoms with E-state index in [9.17, 15) is 18.0 Å². The van der Waals surface area contributed by atoms with Gasteiger partial charge >= 0.3 is 6.18 Å². The van der Waals surface area contributed by atoms with Crippen molar-refractivity contribution in [3.05, 3.63) is 41.2 Å². The van der Waals surface area contributed by atoms with Crippen LogP contribution in [-0.2, 0) is 4.79 Å². The average Bonchev–Trinajstić information content (AvgIpc) is 3.11. The van der Waals surface area contributed by atoms with Crippen LogP contribution in [0, 0.1) is 5.92 Å². The second kappa shape index (κ2) is 7.85. The predicted molar refractivity (Wildman–Crippen MR) is 91.6 cm³/mol. The smallest absolute Gasteiger partial charge is 0.395 e. The fraction of sp³-hybridized carbons (Fsp3) is 0.471. The Morgan fingerprint density at radius 2 is 1.89 bits per heavy atom. The van der Waals surface area contributed by atoms with Gasteiger partial charge in [-0.1, -0.05) is 16.8 Å². The second-order valence-electron chi connectivity index (χ2n) is 6.42.